The maximum absolute atomic E-state index is 12.4. The average Bonchev–Trinajstić information content (AvgIpc) is 2.76. The fourth-order valence-electron chi connectivity index (χ4n) is 2.96. The second-order valence-corrected chi connectivity index (χ2v) is 6.61. The molecule has 8 nitrogen and oxygen atoms in total. The zero-order valence-corrected chi connectivity index (χ0v) is 16.2. The molecule has 29 heavy (non-hydrogen) atoms. The maximum Gasteiger partial charge on any atom is 0.269 e. The first-order valence-corrected chi connectivity index (χ1v) is 9.51. The summed E-state index contributed by atoms with van der Waals surface area (Å²) in [5, 5.41) is 2.82. The number of para-hydroxylation sites is 2. The molecule has 152 valence electrons. The molecule has 0 spiro atoms. The lowest BCUT2D eigenvalue weighted by atomic mass is 10.1. The smallest absolute Gasteiger partial charge is 0.269 e. The normalized spacial score (nSPS) is 14.9. The minimum atomic E-state index is -0.719. The van der Waals surface area contributed by atoms with Crippen molar-refractivity contribution in [1.29, 1.82) is 0 Å². The zero-order chi connectivity index (χ0) is 20.6. The number of hydrogen-bond acceptors (Lipinski definition) is 5. The Balaban J connectivity index is 1.62. The molecule has 0 fully saturated rings. The van der Waals surface area contributed by atoms with E-state index in [0.717, 1.165) is 12.1 Å². The highest BCUT2D eigenvalue weighted by Gasteiger charge is 2.31. The van der Waals surface area contributed by atoms with Crippen LogP contribution in [0, 0.1) is 0 Å². The van der Waals surface area contributed by atoms with E-state index in [1.165, 1.54) is 0 Å². The summed E-state index contributed by atoms with van der Waals surface area (Å²) in [4.78, 5) is 38.6. The van der Waals surface area contributed by atoms with E-state index in [1.54, 1.807) is 41.3 Å². The fraction of sp³-hybridized carbons (Fsp3) is 0.286. The molecule has 1 aliphatic heterocycles. The molecule has 0 aromatic heterocycles. The number of ether oxygens (including phenoxy) is 1. The second-order valence-electron chi connectivity index (χ2n) is 6.61. The van der Waals surface area contributed by atoms with Gasteiger partial charge in [0.25, 0.3) is 17.7 Å². The molecule has 3 N–H and O–H groups in total. The van der Waals surface area contributed by atoms with Crippen LogP contribution in [0.2, 0.25) is 0 Å². The van der Waals surface area contributed by atoms with Crippen molar-refractivity contribution in [2.75, 3.05) is 24.5 Å². The first-order chi connectivity index (χ1) is 14.1. The summed E-state index contributed by atoms with van der Waals surface area (Å²) in [7, 11) is 0. The Morgan fingerprint density at radius 1 is 1.03 bits per heavy atom. The van der Waals surface area contributed by atoms with Gasteiger partial charge in [0.2, 0.25) is 0 Å². The highest BCUT2D eigenvalue weighted by Crippen LogP contribution is 2.32. The Morgan fingerprint density at radius 3 is 2.52 bits per heavy atom. The van der Waals surface area contributed by atoms with Gasteiger partial charge >= 0.3 is 0 Å². The number of carbonyl (C=O) groups is 3. The molecule has 0 saturated carbocycles. The van der Waals surface area contributed by atoms with E-state index in [0.29, 0.717) is 17.9 Å². The van der Waals surface area contributed by atoms with Crippen molar-refractivity contribution in [3.8, 4) is 5.75 Å². The second kappa shape index (κ2) is 9.59. The van der Waals surface area contributed by atoms with Gasteiger partial charge in [0.15, 0.2) is 6.10 Å². The van der Waals surface area contributed by atoms with Gasteiger partial charge in [0, 0.05) is 12.1 Å². The number of benzene rings is 2. The number of hydrazine groups is 1. The molecule has 2 aromatic rings. The summed E-state index contributed by atoms with van der Waals surface area (Å²) in [6, 6.07) is 15.8. The number of nitrogens with zero attached hydrogens (tertiary/aromatic N) is 1. The van der Waals surface area contributed by atoms with Crippen molar-refractivity contribution < 1.29 is 19.1 Å². The summed E-state index contributed by atoms with van der Waals surface area (Å²) >= 11 is 0. The molecule has 0 aliphatic carbocycles. The van der Waals surface area contributed by atoms with Crippen LogP contribution in [0.4, 0.5) is 5.69 Å². The third-order valence-corrected chi connectivity index (χ3v) is 4.39. The van der Waals surface area contributed by atoms with Crippen molar-refractivity contribution in [3.63, 3.8) is 0 Å². The van der Waals surface area contributed by atoms with Gasteiger partial charge in [0.05, 0.1) is 18.8 Å². The molecule has 2 aromatic carbocycles. The monoisotopic (exact) mass is 396 g/mol. The largest absolute Gasteiger partial charge is 0.477 e. The Bertz CT molecular complexity index is 872. The van der Waals surface area contributed by atoms with Crippen molar-refractivity contribution in [1.82, 2.24) is 16.2 Å². The molecule has 0 saturated heterocycles. The van der Waals surface area contributed by atoms with Gasteiger partial charge in [-0.2, -0.15) is 0 Å². The van der Waals surface area contributed by atoms with Crippen molar-refractivity contribution in [3.05, 3.63) is 60.2 Å². The first kappa shape index (κ1) is 20.2. The lowest BCUT2D eigenvalue weighted by Gasteiger charge is -2.35. The van der Waals surface area contributed by atoms with E-state index in [9.17, 15) is 14.4 Å². The van der Waals surface area contributed by atoms with Crippen LogP contribution in [-0.2, 0) is 9.59 Å². The Hall–Kier alpha value is -3.55. The van der Waals surface area contributed by atoms with E-state index in [2.05, 4.69) is 16.2 Å². The number of amides is 3. The minimum Gasteiger partial charge on any atom is -0.477 e. The summed E-state index contributed by atoms with van der Waals surface area (Å²) in [6.07, 6.45) is 0.102. The van der Waals surface area contributed by atoms with Gasteiger partial charge < -0.3 is 15.0 Å². The van der Waals surface area contributed by atoms with Crippen molar-refractivity contribution in [2.24, 2.45) is 0 Å². The molecular weight excluding hydrogens is 372 g/mol. The molecule has 0 bridgehead atoms. The number of fused-ring (bicyclic) bond motifs is 1. The predicted molar refractivity (Wildman–Crippen MR) is 108 cm³/mol. The molecule has 1 atom stereocenters. The fourth-order valence-corrected chi connectivity index (χ4v) is 2.96. The van der Waals surface area contributed by atoms with Gasteiger partial charge in [-0.25, -0.2) is 0 Å². The number of carbonyl (C=O) groups excluding carboxylic acids is 3. The molecule has 3 rings (SSSR count). The summed E-state index contributed by atoms with van der Waals surface area (Å²) in [6.45, 7) is 2.73. The molecule has 1 heterocycles. The number of anilines is 1. The van der Waals surface area contributed by atoms with E-state index < -0.39 is 17.9 Å². The first-order valence-electron chi connectivity index (χ1n) is 9.51. The molecule has 0 unspecified atom stereocenters. The van der Waals surface area contributed by atoms with Gasteiger partial charge in [-0.15, -0.1) is 0 Å². The molecule has 8 heteroatoms. The topological polar surface area (TPSA) is 99.8 Å². The van der Waals surface area contributed by atoms with Crippen molar-refractivity contribution in [2.45, 2.75) is 19.4 Å². The minimum absolute atomic E-state index is 0.0347. The summed E-state index contributed by atoms with van der Waals surface area (Å²) < 4.78 is 5.80. The van der Waals surface area contributed by atoms with Gasteiger partial charge in [-0.1, -0.05) is 37.3 Å². The maximum atomic E-state index is 12.4. The lowest BCUT2D eigenvalue weighted by molar-refractivity contribution is -0.128. The predicted octanol–water partition coefficient (Wildman–Crippen LogP) is 1.24. The Morgan fingerprint density at radius 2 is 1.76 bits per heavy atom. The number of hydrogen-bond donors (Lipinski definition) is 3. The molecule has 3 amide bonds. The van der Waals surface area contributed by atoms with E-state index in [-0.39, 0.29) is 19.0 Å². The van der Waals surface area contributed by atoms with Crippen LogP contribution >= 0.6 is 0 Å². The van der Waals surface area contributed by atoms with Crippen LogP contribution in [0.25, 0.3) is 0 Å². The van der Waals surface area contributed by atoms with E-state index >= 15 is 0 Å². The Labute approximate surface area is 169 Å². The zero-order valence-electron chi connectivity index (χ0n) is 16.2. The van der Waals surface area contributed by atoms with Crippen LogP contribution in [-0.4, -0.2) is 43.5 Å². The molecular formula is C21H24N4O4. The number of rotatable bonds is 6. The van der Waals surface area contributed by atoms with Gasteiger partial charge in [-0.3, -0.25) is 25.2 Å². The SMILES string of the molecule is CCCNC(=O)[C@@H]1CN(CC(=O)NNC(=O)c2ccccc2)c2ccccc2O1. The van der Waals surface area contributed by atoms with Crippen LogP contribution in [0.3, 0.4) is 0 Å². The van der Waals surface area contributed by atoms with Crippen LogP contribution in [0.15, 0.2) is 54.6 Å². The Kier molecular flexibility index (Phi) is 6.67. The van der Waals surface area contributed by atoms with Crippen molar-refractivity contribution >= 4 is 23.4 Å². The third-order valence-electron chi connectivity index (χ3n) is 4.39. The molecule has 1 aliphatic rings. The quantitative estimate of drug-likeness (QED) is 0.638. The third kappa shape index (κ3) is 5.25. The highest BCUT2D eigenvalue weighted by atomic mass is 16.5. The lowest BCUT2D eigenvalue weighted by Crippen LogP contribution is -2.53. The standard InChI is InChI=1S/C21H24N4O4/c1-2-12-22-21(28)18-13-25(16-10-6-7-11-17(16)29-18)14-19(26)23-24-20(27)15-8-4-3-5-9-15/h3-11,18H,2,12-14H2,1H3,(H,22,28)(H,23,26)(H,24,27)/t18-/m0/s1. The number of nitrogens with one attached hydrogen (secondary N) is 3. The summed E-state index contributed by atoms with van der Waals surface area (Å²) in [5.41, 5.74) is 5.98. The van der Waals surface area contributed by atoms with E-state index in [4.69, 9.17) is 4.74 Å². The van der Waals surface area contributed by atoms with Gasteiger partial charge in [0.1, 0.15) is 5.75 Å². The van der Waals surface area contributed by atoms with E-state index in [1.807, 2.05) is 25.1 Å². The summed E-state index contributed by atoms with van der Waals surface area (Å²) in [5.74, 6) is -0.488. The van der Waals surface area contributed by atoms with Crippen LogP contribution in [0.1, 0.15) is 23.7 Å². The van der Waals surface area contributed by atoms with Gasteiger partial charge in [-0.05, 0) is 30.7 Å². The van der Waals surface area contributed by atoms with Crippen LogP contribution < -0.4 is 25.8 Å². The molecule has 0 radical (unpaired) electrons. The average molecular weight is 396 g/mol. The van der Waals surface area contributed by atoms with Crippen LogP contribution in [0.5, 0.6) is 5.75 Å². The highest BCUT2D eigenvalue weighted by molar-refractivity contribution is 5.95.